The number of hydrogen-bond acceptors (Lipinski definition) is 5. The van der Waals surface area contributed by atoms with Gasteiger partial charge in [0, 0.05) is 38.6 Å². The van der Waals surface area contributed by atoms with Crippen molar-refractivity contribution in [2.75, 3.05) is 31.3 Å². The molecule has 1 aliphatic heterocycles. The molecule has 0 aliphatic carbocycles. The second-order valence-electron chi connectivity index (χ2n) is 5.24. The van der Waals surface area contributed by atoms with Gasteiger partial charge in [-0.25, -0.2) is 22.7 Å². The summed E-state index contributed by atoms with van der Waals surface area (Å²) in [5.74, 6) is 0.739. The molecule has 20 heavy (non-hydrogen) atoms. The Morgan fingerprint density at radius 3 is 2.30 bits per heavy atom. The van der Waals surface area contributed by atoms with Crippen LogP contribution in [-0.4, -0.2) is 55.1 Å². The van der Waals surface area contributed by atoms with Gasteiger partial charge in [0.25, 0.3) is 0 Å². The van der Waals surface area contributed by atoms with Gasteiger partial charge in [-0.05, 0) is 24.8 Å². The molecule has 0 N–H and O–H groups in total. The maximum absolute atomic E-state index is 11.5. The third-order valence-corrected chi connectivity index (χ3v) is 5.23. The zero-order valence-electron chi connectivity index (χ0n) is 12.3. The molecular weight excluding hydrogens is 276 g/mol. The van der Waals surface area contributed by atoms with Crippen molar-refractivity contribution in [1.82, 2.24) is 14.3 Å². The third-order valence-electron chi connectivity index (χ3n) is 3.88. The molecule has 0 radical (unpaired) electrons. The highest BCUT2D eigenvalue weighted by Crippen LogP contribution is 2.20. The first kappa shape index (κ1) is 15.2. The van der Waals surface area contributed by atoms with Crippen molar-refractivity contribution >= 4 is 16.0 Å². The van der Waals surface area contributed by atoms with Gasteiger partial charge < -0.3 is 4.90 Å². The fourth-order valence-electron chi connectivity index (χ4n) is 2.39. The van der Waals surface area contributed by atoms with Crippen molar-refractivity contribution in [3.8, 4) is 0 Å². The molecule has 1 aromatic rings. The van der Waals surface area contributed by atoms with Crippen molar-refractivity contribution < 1.29 is 8.42 Å². The summed E-state index contributed by atoms with van der Waals surface area (Å²) < 4.78 is 24.6. The summed E-state index contributed by atoms with van der Waals surface area (Å²) in [6, 6.07) is 0.0798. The molecule has 0 unspecified atom stereocenters. The summed E-state index contributed by atoms with van der Waals surface area (Å²) in [6.45, 7) is 3.65. The number of hydrogen-bond donors (Lipinski definition) is 0. The first-order valence-electron chi connectivity index (χ1n) is 6.90. The second kappa shape index (κ2) is 6.05. The highest BCUT2D eigenvalue weighted by Gasteiger charge is 2.27. The lowest BCUT2D eigenvalue weighted by Crippen LogP contribution is -2.45. The average Bonchev–Trinajstić information content (AvgIpc) is 2.46. The molecule has 1 fully saturated rings. The SMILES string of the molecule is CCc1cnc(N2CCC(N(C)S(C)(=O)=O)CC2)nc1. The van der Waals surface area contributed by atoms with E-state index in [1.165, 1.54) is 10.6 Å². The van der Waals surface area contributed by atoms with E-state index in [0.29, 0.717) is 0 Å². The van der Waals surface area contributed by atoms with Gasteiger partial charge in [0.05, 0.1) is 6.26 Å². The minimum Gasteiger partial charge on any atom is -0.341 e. The summed E-state index contributed by atoms with van der Waals surface area (Å²) in [7, 11) is -1.46. The lowest BCUT2D eigenvalue weighted by Gasteiger charge is -2.35. The van der Waals surface area contributed by atoms with Gasteiger partial charge in [-0.1, -0.05) is 6.92 Å². The van der Waals surface area contributed by atoms with Gasteiger partial charge in [-0.2, -0.15) is 0 Å². The fourth-order valence-corrected chi connectivity index (χ4v) is 3.15. The molecule has 0 spiro atoms. The molecule has 1 aliphatic rings. The highest BCUT2D eigenvalue weighted by molar-refractivity contribution is 7.88. The zero-order chi connectivity index (χ0) is 14.8. The van der Waals surface area contributed by atoms with Crippen LogP contribution in [0.2, 0.25) is 0 Å². The highest BCUT2D eigenvalue weighted by atomic mass is 32.2. The van der Waals surface area contributed by atoms with E-state index in [0.717, 1.165) is 43.9 Å². The van der Waals surface area contributed by atoms with Gasteiger partial charge >= 0.3 is 0 Å². The third kappa shape index (κ3) is 3.46. The minimum absolute atomic E-state index is 0.0798. The standard InChI is InChI=1S/C13H22N4O2S/c1-4-11-9-14-13(15-10-11)17-7-5-12(6-8-17)16(2)20(3,18)19/h9-10,12H,4-8H2,1-3H3. The van der Waals surface area contributed by atoms with E-state index in [2.05, 4.69) is 21.8 Å². The smallest absolute Gasteiger partial charge is 0.225 e. The van der Waals surface area contributed by atoms with Crippen molar-refractivity contribution in [3.05, 3.63) is 18.0 Å². The minimum atomic E-state index is -3.11. The van der Waals surface area contributed by atoms with Crippen LogP contribution in [0.25, 0.3) is 0 Å². The molecule has 1 aromatic heterocycles. The summed E-state index contributed by atoms with van der Waals surface area (Å²) in [4.78, 5) is 10.9. The average molecular weight is 298 g/mol. The molecule has 2 heterocycles. The molecule has 2 rings (SSSR count). The number of sulfonamides is 1. The summed E-state index contributed by atoms with van der Waals surface area (Å²) in [6.07, 6.45) is 7.52. The Labute approximate surface area is 120 Å². The predicted octanol–water partition coefficient (Wildman–Crippen LogP) is 0.899. The maximum atomic E-state index is 11.5. The summed E-state index contributed by atoms with van der Waals surface area (Å²) >= 11 is 0. The molecule has 0 saturated carbocycles. The van der Waals surface area contributed by atoms with E-state index in [1.807, 2.05) is 12.4 Å². The van der Waals surface area contributed by atoms with Gasteiger partial charge in [-0.3, -0.25) is 0 Å². The van der Waals surface area contributed by atoms with E-state index in [1.54, 1.807) is 7.05 Å². The molecular formula is C13H22N4O2S. The molecule has 0 atom stereocenters. The topological polar surface area (TPSA) is 66.4 Å². The Bertz CT molecular complexity index is 536. The Morgan fingerprint density at radius 2 is 1.85 bits per heavy atom. The fraction of sp³-hybridized carbons (Fsp3) is 0.692. The molecule has 0 bridgehead atoms. The number of nitrogens with zero attached hydrogens (tertiary/aromatic N) is 4. The molecule has 1 saturated heterocycles. The van der Waals surface area contributed by atoms with Crippen LogP contribution in [0.4, 0.5) is 5.95 Å². The van der Waals surface area contributed by atoms with Gasteiger partial charge in [0.15, 0.2) is 0 Å². The monoisotopic (exact) mass is 298 g/mol. The quantitative estimate of drug-likeness (QED) is 0.826. The van der Waals surface area contributed by atoms with Gasteiger partial charge in [0.2, 0.25) is 16.0 Å². The lowest BCUT2D eigenvalue weighted by molar-refractivity contribution is 0.312. The Kier molecular flexibility index (Phi) is 4.59. The molecule has 112 valence electrons. The predicted molar refractivity (Wildman–Crippen MR) is 79.3 cm³/mol. The van der Waals surface area contributed by atoms with Crippen LogP contribution < -0.4 is 4.90 Å². The van der Waals surface area contributed by atoms with Crippen molar-refractivity contribution in [1.29, 1.82) is 0 Å². The lowest BCUT2D eigenvalue weighted by atomic mass is 10.1. The molecule has 6 nitrogen and oxygen atoms in total. The van der Waals surface area contributed by atoms with Crippen molar-refractivity contribution in [2.45, 2.75) is 32.2 Å². The molecule has 0 amide bonds. The van der Waals surface area contributed by atoms with Crippen molar-refractivity contribution in [3.63, 3.8) is 0 Å². The van der Waals surface area contributed by atoms with E-state index in [-0.39, 0.29) is 6.04 Å². The second-order valence-corrected chi connectivity index (χ2v) is 7.28. The zero-order valence-corrected chi connectivity index (χ0v) is 13.1. The largest absolute Gasteiger partial charge is 0.341 e. The number of anilines is 1. The summed E-state index contributed by atoms with van der Waals surface area (Å²) in [5.41, 5.74) is 1.13. The van der Waals surface area contributed by atoms with E-state index in [9.17, 15) is 8.42 Å². The number of aromatic nitrogens is 2. The van der Waals surface area contributed by atoms with Crippen molar-refractivity contribution in [2.24, 2.45) is 0 Å². The molecule has 0 aromatic carbocycles. The number of rotatable bonds is 4. The Morgan fingerprint density at radius 1 is 1.30 bits per heavy atom. The van der Waals surface area contributed by atoms with Crippen LogP contribution in [0.15, 0.2) is 12.4 Å². The normalized spacial score (nSPS) is 17.7. The number of piperidine rings is 1. The van der Waals surface area contributed by atoms with Crippen LogP contribution in [0.5, 0.6) is 0 Å². The van der Waals surface area contributed by atoms with Crippen LogP contribution in [-0.2, 0) is 16.4 Å². The van der Waals surface area contributed by atoms with Gasteiger partial charge in [-0.15, -0.1) is 0 Å². The van der Waals surface area contributed by atoms with E-state index in [4.69, 9.17) is 0 Å². The first-order chi connectivity index (χ1) is 9.41. The number of aryl methyl sites for hydroxylation is 1. The Balaban J connectivity index is 1.97. The van der Waals surface area contributed by atoms with E-state index >= 15 is 0 Å². The van der Waals surface area contributed by atoms with Crippen LogP contribution in [0.1, 0.15) is 25.3 Å². The molecule has 7 heteroatoms. The van der Waals surface area contributed by atoms with Crippen LogP contribution in [0, 0.1) is 0 Å². The first-order valence-corrected chi connectivity index (χ1v) is 8.75. The van der Waals surface area contributed by atoms with Crippen LogP contribution in [0.3, 0.4) is 0 Å². The maximum Gasteiger partial charge on any atom is 0.225 e. The Hall–Kier alpha value is -1.21. The van der Waals surface area contributed by atoms with E-state index < -0.39 is 10.0 Å². The summed E-state index contributed by atoms with van der Waals surface area (Å²) in [5, 5.41) is 0. The van der Waals surface area contributed by atoms with Crippen LogP contribution >= 0.6 is 0 Å². The van der Waals surface area contributed by atoms with Gasteiger partial charge in [0.1, 0.15) is 0 Å².